The van der Waals surface area contributed by atoms with Gasteiger partial charge in [-0.2, -0.15) is 0 Å². The zero-order chi connectivity index (χ0) is 12.7. The van der Waals surface area contributed by atoms with Gasteiger partial charge in [0.25, 0.3) is 5.91 Å². The molecule has 5 nitrogen and oxygen atoms in total. The number of hydrogen-bond donors (Lipinski definition) is 2. The van der Waals surface area contributed by atoms with Crippen molar-refractivity contribution in [1.82, 2.24) is 9.88 Å². The predicted molar refractivity (Wildman–Crippen MR) is 68.1 cm³/mol. The molecule has 18 heavy (non-hydrogen) atoms. The van der Waals surface area contributed by atoms with E-state index >= 15 is 0 Å². The molecule has 3 N–H and O–H groups in total. The van der Waals surface area contributed by atoms with E-state index in [1.807, 2.05) is 24.3 Å². The van der Waals surface area contributed by atoms with Crippen molar-refractivity contribution in [2.45, 2.75) is 6.10 Å². The number of nitrogens with two attached hydrogens (primary N) is 1. The van der Waals surface area contributed by atoms with Crippen molar-refractivity contribution in [2.75, 3.05) is 18.8 Å². The summed E-state index contributed by atoms with van der Waals surface area (Å²) in [5.74, 6) is -0.183. The number of rotatable bonds is 1. The van der Waals surface area contributed by atoms with Gasteiger partial charge in [0.2, 0.25) is 0 Å². The van der Waals surface area contributed by atoms with Gasteiger partial charge in [0, 0.05) is 24.2 Å². The van der Waals surface area contributed by atoms with Gasteiger partial charge in [-0.05, 0) is 12.1 Å². The molecule has 1 aromatic heterocycles. The number of carbonyl (C=O) groups is 1. The number of pyridine rings is 1. The zero-order valence-corrected chi connectivity index (χ0v) is 9.71. The SMILES string of the molecule is Nc1cc(C(=O)N2CC(O)C2)nc2ccccc12. The summed E-state index contributed by atoms with van der Waals surface area (Å²) in [6.07, 6.45) is -0.410. The molecule has 2 aromatic rings. The number of likely N-dealkylation sites (tertiary alicyclic amines) is 1. The first-order chi connectivity index (χ1) is 8.65. The lowest BCUT2D eigenvalue weighted by atomic mass is 10.1. The van der Waals surface area contributed by atoms with Crippen LogP contribution < -0.4 is 5.73 Å². The zero-order valence-electron chi connectivity index (χ0n) is 9.71. The predicted octanol–water partition coefficient (Wildman–Crippen LogP) is 0.634. The number of carbonyl (C=O) groups excluding carboxylic acids is 1. The number of aliphatic hydroxyl groups excluding tert-OH is 1. The van der Waals surface area contributed by atoms with Crippen molar-refractivity contribution < 1.29 is 9.90 Å². The Morgan fingerprint density at radius 1 is 1.39 bits per heavy atom. The number of aromatic nitrogens is 1. The molecule has 3 rings (SSSR count). The molecule has 0 radical (unpaired) electrons. The van der Waals surface area contributed by atoms with Gasteiger partial charge in [0.1, 0.15) is 5.69 Å². The first-order valence-electron chi connectivity index (χ1n) is 5.78. The van der Waals surface area contributed by atoms with Crippen molar-refractivity contribution in [3.05, 3.63) is 36.0 Å². The van der Waals surface area contributed by atoms with E-state index in [2.05, 4.69) is 4.98 Å². The van der Waals surface area contributed by atoms with Crippen LogP contribution in [0.4, 0.5) is 5.69 Å². The van der Waals surface area contributed by atoms with Gasteiger partial charge in [-0.3, -0.25) is 4.79 Å². The van der Waals surface area contributed by atoms with Crippen LogP contribution >= 0.6 is 0 Å². The average molecular weight is 243 g/mol. The lowest BCUT2D eigenvalue weighted by Gasteiger charge is -2.35. The molecule has 0 saturated carbocycles. The Bertz CT molecular complexity index is 621. The topological polar surface area (TPSA) is 79.5 Å². The van der Waals surface area contributed by atoms with Crippen LogP contribution in [0, 0.1) is 0 Å². The van der Waals surface area contributed by atoms with Gasteiger partial charge in [-0.15, -0.1) is 0 Å². The molecule has 5 heteroatoms. The van der Waals surface area contributed by atoms with Crippen LogP contribution in [-0.4, -0.2) is 40.1 Å². The lowest BCUT2D eigenvalue weighted by molar-refractivity contribution is 0.00554. The van der Waals surface area contributed by atoms with Gasteiger partial charge in [-0.25, -0.2) is 4.98 Å². The van der Waals surface area contributed by atoms with Crippen LogP contribution in [0.25, 0.3) is 10.9 Å². The van der Waals surface area contributed by atoms with Crippen molar-refractivity contribution in [3.8, 4) is 0 Å². The molecule has 92 valence electrons. The molecule has 0 unspecified atom stereocenters. The number of amides is 1. The number of fused-ring (bicyclic) bond motifs is 1. The largest absolute Gasteiger partial charge is 0.398 e. The van der Waals surface area contributed by atoms with E-state index in [1.54, 1.807) is 11.0 Å². The summed E-state index contributed by atoms with van der Waals surface area (Å²) in [6.45, 7) is 0.737. The van der Waals surface area contributed by atoms with Crippen LogP contribution in [0.1, 0.15) is 10.5 Å². The maximum absolute atomic E-state index is 12.1. The van der Waals surface area contributed by atoms with E-state index in [0.717, 1.165) is 5.39 Å². The number of anilines is 1. The number of para-hydroxylation sites is 1. The summed E-state index contributed by atoms with van der Waals surface area (Å²) in [7, 11) is 0. The van der Waals surface area contributed by atoms with Crippen LogP contribution in [0.2, 0.25) is 0 Å². The van der Waals surface area contributed by atoms with Crippen molar-refractivity contribution in [3.63, 3.8) is 0 Å². The molecule has 1 aromatic carbocycles. The number of benzene rings is 1. The normalized spacial score (nSPS) is 15.7. The first-order valence-corrected chi connectivity index (χ1v) is 5.78. The smallest absolute Gasteiger partial charge is 0.272 e. The highest BCUT2D eigenvalue weighted by atomic mass is 16.3. The molecule has 1 amide bonds. The fraction of sp³-hybridized carbons (Fsp3) is 0.231. The minimum atomic E-state index is -0.410. The average Bonchev–Trinajstić information content (AvgIpc) is 2.34. The second-order valence-electron chi connectivity index (χ2n) is 4.48. The van der Waals surface area contributed by atoms with Crippen LogP contribution in [-0.2, 0) is 0 Å². The summed E-state index contributed by atoms with van der Waals surface area (Å²) < 4.78 is 0. The number of β-amino-alcohol motifs (C(OH)–C–C–N with tert-alkyl or cyclic N) is 1. The quantitative estimate of drug-likeness (QED) is 0.770. The van der Waals surface area contributed by atoms with E-state index in [4.69, 9.17) is 5.73 Å². The fourth-order valence-corrected chi connectivity index (χ4v) is 2.10. The fourth-order valence-electron chi connectivity index (χ4n) is 2.10. The maximum Gasteiger partial charge on any atom is 0.272 e. The molecule has 1 aliphatic heterocycles. The van der Waals surface area contributed by atoms with Crippen molar-refractivity contribution >= 4 is 22.5 Å². The third-order valence-corrected chi connectivity index (χ3v) is 3.12. The van der Waals surface area contributed by atoms with Crippen LogP contribution in [0.3, 0.4) is 0 Å². The Balaban J connectivity index is 2.00. The van der Waals surface area contributed by atoms with E-state index in [9.17, 15) is 9.90 Å². The summed E-state index contributed by atoms with van der Waals surface area (Å²) in [5.41, 5.74) is 7.51. The monoisotopic (exact) mass is 243 g/mol. The van der Waals surface area contributed by atoms with E-state index in [-0.39, 0.29) is 5.91 Å². The minimum absolute atomic E-state index is 0.183. The number of hydrogen-bond acceptors (Lipinski definition) is 4. The third kappa shape index (κ3) is 1.69. The highest BCUT2D eigenvalue weighted by molar-refractivity contribution is 5.99. The van der Waals surface area contributed by atoms with Crippen LogP contribution in [0.5, 0.6) is 0 Å². The van der Waals surface area contributed by atoms with Crippen molar-refractivity contribution in [1.29, 1.82) is 0 Å². The second-order valence-corrected chi connectivity index (χ2v) is 4.48. The number of nitrogen functional groups attached to an aromatic ring is 1. The summed E-state index contributed by atoms with van der Waals surface area (Å²) in [6, 6.07) is 9.03. The summed E-state index contributed by atoms with van der Waals surface area (Å²) in [5, 5.41) is 10.0. The van der Waals surface area contributed by atoms with Gasteiger partial charge >= 0.3 is 0 Å². The van der Waals surface area contributed by atoms with Crippen molar-refractivity contribution in [2.24, 2.45) is 0 Å². The van der Waals surface area contributed by atoms with Gasteiger partial charge in [-0.1, -0.05) is 18.2 Å². The molecular formula is C13H13N3O2. The Morgan fingerprint density at radius 2 is 2.11 bits per heavy atom. The van der Waals surface area contributed by atoms with E-state index in [1.165, 1.54) is 0 Å². The minimum Gasteiger partial charge on any atom is -0.398 e. The Hall–Kier alpha value is -2.14. The molecule has 1 saturated heterocycles. The summed E-state index contributed by atoms with van der Waals surface area (Å²) in [4.78, 5) is 17.9. The Labute approximate surface area is 104 Å². The van der Waals surface area contributed by atoms with Gasteiger partial charge < -0.3 is 15.7 Å². The molecule has 1 fully saturated rings. The first kappa shape index (κ1) is 11.0. The van der Waals surface area contributed by atoms with E-state index in [0.29, 0.717) is 30.0 Å². The highest BCUT2D eigenvalue weighted by Gasteiger charge is 2.30. The standard InChI is InChI=1S/C13H13N3O2/c14-10-5-12(13(18)16-6-8(17)7-16)15-11-4-2-1-3-9(10)11/h1-5,8,17H,6-7H2,(H2,14,15). The van der Waals surface area contributed by atoms with Gasteiger partial charge in [0.15, 0.2) is 0 Å². The van der Waals surface area contributed by atoms with Crippen LogP contribution in [0.15, 0.2) is 30.3 Å². The van der Waals surface area contributed by atoms with E-state index < -0.39 is 6.10 Å². The second kappa shape index (κ2) is 3.96. The molecule has 0 spiro atoms. The lowest BCUT2D eigenvalue weighted by Crippen LogP contribution is -2.53. The Morgan fingerprint density at radius 3 is 2.83 bits per heavy atom. The molecule has 1 aliphatic rings. The molecular weight excluding hydrogens is 230 g/mol. The third-order valence-electron chi connectivity index (χ3n) is 3.12. The Kier molecular flexibility index (Phi) is 2.41. The summed E-state index contributed by atoms with van der Waals surface area (Å²) >= 11 is 0. The molecule has 0 aliphatic carbocycles. The maximum atomic E-state index is 12.1. The molecule has 2 heterocycles. The van der Waals surface area contributed by atoms with Gasteiger partial charge in [0.05, 0.1) is 11.6 Å². The number of aliphatic hydroxyl groups is 1. The number of nitrogens with zero attached hydrogens (tertiary/aromatic N) is 2. The molecule has 0 bridgehead atoms. The highest BCUT2D eigenvalue weighted by Crippen LogP contribution is 2.21. The molecule has 0 atom stereocenters.